The Labute approximate surface area is 117 Å². The summed E-state index contributed by atoms with van der Waals surface area (Å²) in [5.74, 6) is -1.64. The van der Waals surface area contributed by atoms with E-state index in [0.717, 1.165) is 5.56 Å². The largest absolute Gasteiger partial charge is 0.550 e. The van der Waals surface area contributed by atoms with Crippen molar-refractivity contribution in [3.05, 3.63) is 71.8 Å². The first kappa shape index (κ1) is 14.0. The number of carboxylic acid groups (broad SMARTS) is 1. The number of rotatable bonds is 6. The van der Waals surface area contributed by atoms with Gasteiger partial charge in [-0.25, -0.2) is 0 Å². The smallest absolute Gasteiger partial charge is 0.170 e. The lowest BCUT2D eigenvalue weighted by Crippen LogP contribution is -2.24. The second kappa shape index (κ2) is 6.66. The highest BCUT2D eigenvalue weighted by molar-refractivity contribution is 6.01. The van der Waals surface area contributed by atoms with E-state index in [1.54, 1.807) is 24.3 Å². The van der Waals surface area contributed by atoms with Crippen molar-refractivity contribution in [2.24, 2.45) is 0 Å². The fourth-order valence-electron chi connectivity index (χ4n) is 2.20. The minimum Gasteiger partial charge on any atom is -0.550 e. The Morgan fingerprint density at radius 2 is 1.45 bits per heavy atom. The molecule has 0 aliphatic heterocycles. The van der Waals surface area contributed by atoms with E-state index in [1.165, 1.54) is 0 Å². The lowest BCUT2D eigenvalue weighted by Gasteiger charge is -2.16. The second-order valence-corrected chi connectivity index (χ2v) is 4.60. The minimum absolute atomic E-state index is 0.0574. The molecular weight excluding hydrogens is 252 g/mol. The van der Waals surface area contributed by atoms with Gasteiger partial charge in [0.05, 0.1) is 0 Å². The summed E-state index contributed by atoms with van der Waals surface area (Å²) in [5, 5.41) is 10.7. The first-order valence-corrected chi connectivity index (χ1v) is 6.52. The molecule has 0 fully saturated rings. The molecule has 102 valence electrons. The van der Waals surface area contributed by atoms with Gasteiger partial charge in [-0.3, -0.25) is 4.79 Å². The third-order valence-corrected chi connectivity index (χ3v) is 3.21. The quantitative estimate of drug-likeness (QED) is 0.754. The van der Waals surface area contributed by atoms with Gasteiger partial charge in [-0.1, -0.05) is 60.7 Å². The van der Waals surface area contributed by atoms with Crippen LogP contribution in [-0.2, 0) is 4.79 Å². The third kappa shape index (κ3) is 3.54. The Balaban J connectivity index is 2.27. The maximum atomic E-state index is 12.5. The molecule has 0 amide bonds. The third-order valence-electron chi connectivity index (χ3n) is 3.21. The molecule has 0 spiro atoms. The van der Waals surface area contributed by atoms with E-state index in [9.17, 15) is 14.7 Å². The highest BCUT2D eigenvalue weighted by Gasteiger charge is 2.21. The van der Waals surface area contributed by atoms with Gasteiger partial charge in [0.15, 0.2) is 5.78 Å². The number of carbonyl (C=O) groups is 2. The van der Waals surface area contributed by atoms with Crippen LogP contribution in [0.2, 0.25) is 0 Å². The number of carboxylic acids is 1. The Morgan fingerprint density at radius 3 is 2.00 bits per heavy atom. The van der Waals surface area contributed by atoms with Crippen molar-refractivity contribution < 1.29 is 14.7 Å². The van der Waals surface area contributed by atoms with E-state index < -0.39 is 11.9 Å². The zero-order chi connectivity index (χ0) is 14.4. The van der Waals surface area contributed by atoms with Crippen LogP contribution < -0.4 is 5.11 Å². The molecule has 0 aliphatic carbocycles. The van der Waals surface area contributed by atoms with Crippen molar-refractivity contribution in [3.8, 4) is 0 Å². The van der Waals surface area contributed by atoms with Crippen molar-refractivity contribution in [2.75, 3.05) is 0 Å². The van der Waals surface area contributed by atoms with Crippen molar-refractivity contribution in [3.63, 3.8) is 0 Å². The number of Topliss-reactive ketones (excluding diaryl/α,β-unsaturated/α-hetero) is 1. The standard InChI is InChI=1S/C17H16O3/c18-16(19)12-11-15(13-7-3-1-4-8-13)17(20)14-9-5-2-6-10-14/h1-10,15H,11-12H2,(H,18,19)/p-1/t15-/m0/s1. The molecule has 3 heteroatoms. The number of hydrogen-bond donors (Lipinski definition) is 0. The van der Waals surface area contributed by atoms with E-state index in [1.807, 2.05) is 36.4 Å². The van der Waals surface area contributed by atoms with Gasteiger partial charge in [-0.2, -0.15) is 0 Å². The van der Waals surface area contributed by atoms with Crippen LogP contribution in [0.4, 0.5) is 0 Å². The predicted octanol–water partition coefficient (Wildman–Crippen LogP) is 2.18. The SMILES string of the molecule is O=C([O-])CC[C@H](C(=O)c1ccccc1)c1ccccc1. The van der Waals surface area contributed by atoms with Gasteiger partial charge in [0.1, 0.15) is 0 Å². The maximum absolute atomic E-state index is 12.5. The molecule has 0 saturated heterocycles. The average molecular weight is 267 g/mol. The Hall–Kier alpha value is -2.42. The molecule has 1 atom stereocenters. The van der Waals surface area contributed by atoms with Crippen molar-refractivity contribution in [1.29, 1.82) is 0 Å². The zero-order valence-electron chi connectivity index (χ0n) is 11.0. The number of hydrogen-bond acceptors (Lipinski definition) is 3. The zero-order valence-corrected chi connectivity index (χ0v) is 11.0. The molecule has 0 radical (unpaired) electrons. The fraction of sp³-hybridized carbons (Fsp3) is 0.176. The lowest BCUT2D eigenvalue weighted by atomic mass is 9.87. The van der Waals surface area contributed by atoms with Gasteiger partial charge in [0, 0.05) is 17.5 Å². The summed E-state index contributed by atoms with van der Waals surface area (Å²) in [6.45, 7) is 0. The summed E-state index contributed by atoms with van der Waals surface area (Å²) < 4.78 is 0. The minimum atomic E-state index is -1.13. The normalized spacial score (nSPS) is 11.8. The first-order valence-electron chi connectivity index (χ1n) is 6.52. The molecule has 0 bridgehead atoms. The van der Waals surface area contributed by atoms with Crippen LogP contribution in [0.5, 0.6) is 0 Å². The topological polar surface area (TPSA) is 57.2 Å². The summed E-state index contributed by atoms with van der Waals surface area (Å²) in [6, 6.07) is 18.2. The first-order chi connectivity index (χ1) is 9.68. The van der Waals surface area contributed by atoms with E-state index in [-0.39, 0.29) is 18.6 Å². The van der Waals surface area contributed by atoms with Crippen LogP contribution in [0.3, 0.4) is 0 Å². The molecule has 0 N–H and O–H groups in total. The monoisotopic (exact) mass is 267 g/mol. The Bertz CT molecular complexity index is 576. The molecule has 0 aromatic heterocycles. The van der Waals surface area contributed by atoms with Crippen LogP contribution in [0.1, 0.15) is 34.7 Å². The van der Waals surface area contributed by atoms with Crippen LogP contribution in [0.25, 0.3) is 0 Å². The number of ketones is 1. The molecular formula is C17H15O3-. The fourth-order valence-corrected chi connectivity index (χ4v) is 2.20. The van der Waals surface area contributed by atoms with E-state index >= 15 is 0 Å². The van der Waals surface area contributed by atoms with Crippen molar-refractivity contribution in [1.82, 2.24) is 0 Å². The second-order valence-electron chi connectivity index (χ2n) is 4.60. The number of benzene rings is 2. The highest BCUT2D eigenvalue weighted by Crippen LogP contribution is 2.25. The summed E-state index contributed by atoms with van der Waals surface area (Å²) in [4.78, 5) is 23.2. The molecule has 3 nitrogen and oxygen atoms in total. The molecule has 2 aromatic rings. The van der Waals surface area contributed by atoms with E-state index in [0.29, 0.717) is 5.56 Å². The molecule has 0 unspecified atom stereocenters. The molecule has 20 heavy (non-hydrogen) atoms. The Kier molecular flexibility index (Phi) is 4.66. The van der Waals surface area contributed by atoms with Gasteiger partial charge in [-0.15, -0.1) is 0 Å². The number of carbonyl (C=O) groups excluding carboxylic acids is 2. The van der Waals surface area contributed by atoms with Gasteiger partial charge >= 0.3 is 0 Å². The van der Waals surface area contributed by atoms with Gasteiger partial charge in [-0.05, 0) is 18.4 Å². The van der Waals surface area contributed by atoms with Crippen molar-refractivity contribution in [2.45, 2.75) is 18.8 Å². The van der Waals surface area contributed by atoms with Gasteiger partial charge in [0.2, 0.25) is 0 Å². The summed E-state index contributed by atoms with van der Waals surface area (Å²) in [5.41, 5.74) is 1.43. The van der Waals surface area contributed by atoms with Gasteiger partial charge in [0.25, 0.3) is 0 Å². The van der Waals surface area contributed by atoms with Crippen molar-refractivity contribution >= 4 is 11.8 Å². The molecule has 2 rings (SSSR count). The average Bonchev–Trinajstić information content (AvgIpc) is 2.49. The summed E-state index contributed by atoms with van der Waals surface area (Å²) in [7, 11) is 0. The Morgan fingerprint density at radius 1 is 0.900 bits per heavy atom. The number of aliphatic carboxylic acids is 1. The molecule has 2 aromatic carbocycles. The van der Waals surface area contributed by atoms with E-state index in [2.05, 4.69) is 0 Å². The van der Waals surface area contributed by atoms with Crippen LogP contribution in [0, 0.1) is 0 Å². The lowest BCUT2D eigenvalue weighted by molar-refractivity contribution is -0.305. The maximum Gasteiger partial charge on any atom is 0.170 e. The van der Waals surface area contributed by atoms with Crippen LogP contribution >= 0.6 is 0 Å². The molecule has 0 heterocycles. The molecule has 0 aliphatic rings. The summed E-state index contributed by atoms with van der Waals surface area (Å²) in [6.07, 6.45) is 0.123. The van der Waals surface area contributed by atoms with Gasteiger partial charge < -0.3 is 9.90 Å². The van der Waals surface area contributed by atoms with Crippen LogP contribution in [0.15, 0.2) is 60.7 Å². The molecule has 0 saturated carbocycles. The van der Waals surface area contributed by atoms with E-state index in [4.69, 9.17) is 0 Å². The highest BCUT2D eigenvalue weighted by atomic mass is 16.4. The van der Waals surface area contributed by atoms with Crippen LogP contribution in [-0.4, -0.2) is 11.8 Å². The predicted molar refractivity (Wildman–Crippen MR) is 74.2 cm³/mol. The summed E-state index contributed by atoms with van der Waals surface area (Å²) >= 11 is 0.